The van der Waals surface area contributed by atoms with Gasteiger partial charge < -0.3 is 4.74 Å². The molecule has 1 N–H and O–H groups in total. The van der Waals surface area contributed by atoms with Crippen LogP contribution in [0.25, 0.3) is 0 Å². The minimum atomic E-state index is -1.19. The maximum atomic E-state index is 13.1. The SMILES string of the molecule is CCOC(=O)C1(CCSC)NC(c2ccccc2C)C2C(=O)N(C)C(=O)C21. The van der Waals surface area contributed by atoms with Crippen molar-refractivity contribution < 1.29 is 19.1 Å². The number of hydrogen-bond acceptors (Lipinski definition) is 6. The molecule has 2 amide bonds. The van der Waals surface area contributed by atoms with Crippen molar-refractivity contribution in [2.24, 2.45) is 11.8 Å². The lowest BCUT2D eigenvalue weighted by Crippen LogP contribution is -2.56. The molecule has 0 radical (unpaired) electrons. The summed E-state index contributed by atoms with van der Waals surface area (Å²) in [5.74, 6) is -1.65. The summed E-state index contributed by atoms with van der Waals surface area (Å²) >= 11 is 1.60. The Bertz CT molecular complexity index is 768. The first-order valence-electron chi connectivity index (χ1n) is 9.19. The molecule has 0 aromatic heterocycles. The van der Waals surface area contributed by atoms with Gasteiger partial charge >= 0.3 is 5.97 Å². The van der Waals surface area contributed by atoms with Crippen molar-refractivity contribution in [2.45, 2.75) is 31.8 Å². The van der Waals surface area contributed by atoms with Gasteiger partial charge in [0.2, 0.25) is 11.8 Å². The van der Waals surface area contributed by atoms with Crippen molar-refractivity contribution in [1.29, 1.82) is 0 Å². The summed E-state index contributed by atoms with van der Waals surface area (Å²) in [7, 11) is 1.50. The van der Waals surface area contributed by atoms with Crippen molar-refractivity contribution >= 4 is 29.5 Å². The number of ether oxygens (including phenoxy) is 1. The number of hydrogen-bond donors (Lipinski definition) is 1. The number of nitrogens with one attached hydrogen (secondary N) is 1. The van der Waals surface area contributed by atoms with E-state index in [9.17, 15) is 14.4 Å². The Morgan fingerprint density at radius 3 is 2.63 bits per heavy atom. The molecule has 7 heteroatoms. The predicted octanol–water partition coefficient (Wildman–Crippen LogP) is 1.93. The van der Waals surface area contributed by atoms with Crippen LogP contribution < -0.4 is 5.32 Å². The van der Waals surface area contributed by atoms with Gasteiger partial charge in [0.15, 0.2) is 0 Å². The van der Waals surface area contributed by atoms with Crippen LogP contribution in [0.1, 0.15) is 30.5 Å². The molecule has 2 aliphatic heterocycles. The number of esters is 1. The topological polar surface area (TPSA) is 75.7 Å². The number of likely N-dealkylation sites (tertiary alicyclic amines) is 1. The summed E-state index contributed by atoms with van der Waals surface area (Å²) in [5.41, 5.74) is 0.779. The van der Waals surface area contributed by atoms with E-state index in [0.29, 0.717) is 12.2 Å². The van der Waals surface area contributed by atoms with Crippen molar-refractivity contribution in [3.05, 3.63) is 35.4 Å². The minimum Gasteiger partial charge on any atom is -0.465 e. The number of carbonyl (C=O) groups excluding carboxylic acids is 3. The standard InChI is InChI=1S/C20H26N2O4S/c1-5-26-19(25)20(10-11-27-4)15-14(17(23)22(3)18(15)24)16(21-20)13-9-7-6-8-12(13)2/h6-9,14-16,21H,5,10-11H2,1-4H3. The first-order valence-corrected chi connectivity index (χ1v) is 10.6. The Kier molecular flexibility index (Phi) is 5.63. The molecule has 2 saturated heterocycles. The summed E-state index contributed by atoms with van der Waals surface area (Å²) < 4.78 is 5.37. The second-order valence-corrected chi connectivity index (χ2v) is 8.14. The van der Waals surface area contributed by atoms with Crippen molar-refractivity contribution in [2.75, 3.05) is 25.7 Å². The van der Waals surface area contributed by atoms with Gasteiger partial charge in [-0.05, 0) is 43.4 Å². The van der Waals surface area contributed by atoms with E-state index in [1.165, 1.54) is 11.9 Å². The molecule has 6 nitrogen and oxygen atoms in total. The molecule has 1 aromatic carbocycles. The lowest BCUT2D eigenvalue weighted by Gasteiger charge is -2.32. The van der Waals surface area contributed by atoms with E-state index >= 15 is 0 Å². The Hall–Kier alpha value is -1.86. The Morgan fingerprint density at radius 1 is 1.30 bits per heavy atom. The van der Waals surface area contributed by atoms with Crippen LogP contribution in [0.4, 0.5) is 0 Å². The fourth-order valence-electron chi connectivity index (χ4n) is 4.39. The number of aryl methyl sites for hydroxylation is 1. The molecule has 4 atom stereocenters. The molecule has 2 heterocycles. The number of nitrogens with zero attached hydrogens (tertiary/aromatic N) is 1. The molecule has 1 aromatic rings. The fraction of sp³-hybridized carbons (Fsp3) is 0.550. The summed E-state index contributed by atoms with van der Waals surface area (Å²) in [4.78, 5) is 40.2. The van der Waals surface area contributed by atoms with E-state index in [4.69, 9.17) is 4.74 Å². The summed E-state index contributed by atoms with van der Waals surface area (Å²) in [6.07, 6.45) is 2.39. The Morgan fingerprint density at radius 2 is 2.00 bits per heavy atom. The van der Waals surface area contributed by atoms with Crippen LogP contribution in [0.3, 0.4) is 0 Å². The highest BCUT2D eigenvalue weighted by Gasteiger charge is 2.68. The van der Waals surface area contributed by atoms with Gasteiger partial charge in [0.25, 0.3) is 0 Å². The second-order valence-electron chi connectivity index (χ2n) is 7.15. The van der Waals surface area contributed by atoms with E-state index < -0.39 is 29.4 Å². The van der Waals surface area contributed by atoms with E-state index in [2.05, 4.69) is 5.32 Å². The van der Waals surface area contributed by atoms with Gasteiger partial charge in [0.05, 0.1) is 18.4 Å². The second kappa shape index (κ2) is 7.64. The number of carbonyl (C=O) groups is 3. The lowest BCUT2D eigenvalue weighted by atomic mass is 9.77. The van der Waals surface area contributed by atoms with Crippen molar-refractivity contribution in [1.82, 2.24) is 10.2 Å². The number of thioether (sulfide) groups is 1. The number of amides is 2. The average molecular weight is 391 g/mol. The summed E-state index contributed by atoms with van der Waals surface area (Å²) in [6, 6.07) is 7.38. The zero-order chi connectivity index (χ0) is 19.8. The molecule has 2 fully saturated rings. The first-order chi connectivity index (χ1) is 12.9. The van der Waals surface area contributed by atoms with Gasteiger partial charge in [-0.15, -0.1) is 0 Å². The van der Waals surface area contributed by atoms with Crippen LogP contribution in [0, 0.1) is 18.8 Å². The molecule has 146 valence electrons. The van der Waals surface area contributed by atoms with Gasteiger partial charge in [0.1, 0.15) is 5.54 Å². The number of fused-ring (bicyclic) bond motifs is 1. The third-order valence-corrected chi connectivity index (χ3v) is 6.35. The monoisotopic (exact) mass is 390 g/mol. The Balaban J connectivity index is 2.14. The van der Waals surface area contributed by atoms with Gasteiger partial charge in [-0.2, -0.15) is 11.8 Å². The maximum absolute atomic E-state index is 13.1. The summed E-state index contributed by atoms with van der Waals surface area (Å²) in [5, 5.41) is 3.41. The normalized spacial score (nSPS) is 29.9. The number of rotatable bonds is 6. The zero-order valence-corrected chi connectivity index (χ0v) is 17.0. The highest BCUT2D eigenvalue weighted by Crippen LogP contribution is 2.50. The number of benzene rings is 1. The molecular formula is C20H26N2O4S. The molecule has 27 heavy (non-hydrogen) atoms. The maximum Gasteiger partial charge on any atom is 0.327 e. The van der Waals surface area contributed by atoms with Crippen LogP contribution in [0.5, 0.6) is 0 Å². The van der Waals surface area contributed by atoms with E-state index in [-0.39, 0.29) is 18.4 Å². The van der Waals surface area contributed by atoms with Crippen molar-refractivity contribution in [3.63, 3.8) is 0 Å². The molecule has 0 spiro atoms. The van der Waals surface area contributed by atoms with Gasteiger partial charge in [-0.3, -0.25) is 24.6 Å². The van der Waals surface area contributed by atoms with Gasteiger partial charge in [0, 0.05) is 13.1 Å². The largest absolute Gasteiger partial charge is 0.465 e. The quantitative estimate of drug-likeness (QED) is 0.591. The first kappa shape index (κ1) is 19.9. The molecule has 0 aliphatic carbocycles. The molecule has 3 rings (SSSR count). The summed E-state index contributed by atoms with van der Waals surface area (Å²) in [6.45, 7) is 3.95. The third-order valence-electron chi connectivity index (χ3n) is 5.74. The van der Waals surface area contributed by atoms with Crippen LogP contribution >= 0.6 is 11.8 Å². The van der Waals surface area contributed by atoms with E-state index in [1.807, 2.05) is 37.4 Å². The molecule has 0 saturated carbocycles. The van der Waals surface area contributed by atoms with Crippen LogP contribution in [0.2, 0.25) is 0 Å². The molecule has 0 bridgehead atoms. The van der Waals surface area contributed by atoms with Gasteiger partial charge in [-0.25, -0.2) is 0 Å². The average Bonchev–Trinajstić information content (AvgIpc) is 3.11. The lowest BCUT2D eigenvalue weighted by molar-refractivity contribution is -0.156. The van der Waals surface area contributed by atoms with Crippen LogP contribution in [0.15, 0.2) is 24.3 Å². The number of imide groups is 1. The predicted molar refractivity (Wildman–Crippen MR) is 104 cm³/mol. The molecular weight excluding hydrogens is 364 g/mol. The molecule has 4 unspecified atom stereocenters. The van der Waals surface area contributed by atoms with Crippen LogP contribution in [-0.4, -0.2) is 53.9 Å². The third kappa shape index (κ3) is 3.06. The van der Waals surface area contributed by atoms with Gasteiger partial charge in [-0.1, -0.05) is 24.3 Å². The van der Waals surface area contributed by atoms with E-state index in [0.717, 1.165) is 11.1 Å². The highest BCUT2D eigenvalue weighted by atomic mass is 32.2. The zero-order valence-electron chi connectivity index (χ0n) is 16.2. The Labute approximate surface area is 164 Å². The van der Waals surface area contributed by atoms with Crippen LogP contribution in [-0.2, 0) is 19.1 Å². The highest BCUT2D eigenvalue weighted by molar-refractivity contribution is 7.98. The minimum absolute atomic E-state index is 0.228. The smallest absolute Gasteiger partial charge is 0.327 e. The van der Waals surface area contributed by atoms with Crippen molar-refractivity contribution in [3.8, 4) is 0 Å². The van der Waals surface area contributed by atoms with E-state index in [1.54, 1.807) is 18.7 Å². The fourth-order valence-corrected chi connectivity index (χ4v) is 4.92. The molecule has 2 aliphatic rings.